The number of methoxy groups -OCH3 is 1. The minimum Gasteiger partial charge on any atom is -0.495 e. The number of anilines is 1. The van der Waals surface area contributed by atoms with Crippen LogP contribution < -0.4 is 15.0 Å². The number of rotatable bonds is 7. The third-order valence-electron chi connectivity index (χ3n) is 8.18. The van der Waals surface area contributed by atoms with Gasteiger partial charge in [0.05, 0.1) is 26.0 Å². The van der Waals surface area contributed by atoms with Crippen LogP contribution in [0.4, 0.5) is 10.5 Å². The Hall–Kier alpha value is -3.66. The molecule has 3 amide bonds. The molecule has 0 bridgehead atoms. The molecular formula is C34H48N4O6. The maximum atomic E-state index is 14.8. The maximum Gasteiger partial charge on any atom is 0.411 e. The Morgan fingerprint density at radius 1 is 1.02 bits per heavy atom. The highest BCUT2D eigenvalue weighted by atomic mass is 16.6. The van der Waals surface area contributed by atoms with Gasteiger partial charge < -0.3 is 19.9 Å². The number of pyridine rings is 1. The highest BCUT2D eigenvalue weighted by molar-refractivity contribution is 6.05. The lowest BCUT2D eigenvalue weighted by atomic mass is 9.87. The Balaban J connectivity index is 1.83. The second-order valence-corrected chi connectivity index (χ2v) is 13.9. The summed E-state index contributed by atoms with van der Waals surface area (Å²) >= 11 is 0. The third kappa shape index (κ3) is 8.08. The molecule has 0 radical (unpaired) electrons. The van der Waals surface area contributed by atoms with Crippen LogP contribution in [-0.4, -0.2) is 70.3 Å². The van der Waals surface area contributed by atoms with Gasteiger partial charge in [-0.3, -0.25) is 24.4 Å². The molecule has 1 aromatic carbocycles. The number of ether oxygens (including phenoxy) is 2. The first-order chi connectivity index (χ1) is 20.7. The Morgan fingerprint density at radius 2 is 1.68 bits per heavy atom. The molecule has 2 aliphatic rings. The summed E-state index contributed by atoms with van der Waals surface area (Å²) in [5.74, 6) is -0.398. The summed E-state index contributed by atoms with van der Waals surface area (Å²) in [5.41, 5.74) is 1.08. The van der Waals surface area contributed by atoms with Gasteiger partial charge in [0.2, 0.25) is 5.91 Å². The fourth-order valence-electron chi connectivity index (χ4n) is 5.90. The average Bonchev–Trinajstić information content (AvgIpc) is 3.36. The molecule has 1 saturated heterocycles. The number of carbonyl (C=O) groups excluding carboxylic acids is 3. The number of hydrogen-bond acceptors (Lipinski definition) is 7. The van der Waals surface area contributed by atoms with Gasteiger partial charge in [-0.25, -0.2) is 4.79 Å². The number of amides is 3. The van der Waals surface area contributed by atoms with E-state index in [4.69, 9.17) is 9.47 Å². The minimum absolute atomic E-state index is 0.0101. The Labute approximate surface area is 261 Å². The lowest BCUT2D eigenvalue weighted by molar-refractivity contribution is -0.129. The van der Waals surface area contributed by atoms with Crippen molar-refractivity contribution >= 4 is 23.6 Å². The number of nitrogens with one attached hydrogen (secondary N) is 1. The zero-order chi connectivity index (χ0) is 32.2. The molecule has 2 heterocycles. The molecule has 2 N–H and O–H groups in total. The van der Waals surface area contributed by atoms with E-state index in [0.29, 0.717) is 17.0 Å². The van der Waals surface area contributed by atoms with E-state index in [1.54, 1.807) is 39.2 Å². The molecule has 1 aliphatic heterocycles. The average molecular weight is 609 g/mol. The number of carbonyl (C=O) groups is 3. The van der Waals surface area contributed by atoms with E-state index in [-0.39, 0.29) is 30.3 Å². The standard InChI is InChI=1S/C34H48N4O6/c1-33(2,3)23-13-15-25(16-14-23)38(31(41)28-18-26(39)21-37(28)32(42)44-34(4,5)6)29(22-17-27(43-7)20-35-19-22)30(40)36-24-11-9-8-10-12-24/h13-17,19-20,24,26,28-29,39H,8-12,18,21H2,1-7H3,(H,36,40)/t26-,28-,29?/m1/s1. The molecule has 240 valence electrons. The molecular weight excluding hydrogens is 560 g/mol. The van der Waals surface area contributed by atoms with Gasteiger partial charge in [-0.05, 0) is 62.8 Å². The van der Waals surface area contributed by atoms with Crippen molar-refractivity contribution in [2.24, 2.45) is 0 Å². The topological polar surface area (TPSA) is 121 Å². The number of aliphatic hydroxyl groups is 1. The highest BCUT2D eigenvalue weighted by Crippen LogP contribution is 2.35. The van der Waals surface area contributed by atoms with Gasteiger partial charge in [0, 0.05) is 29.9 Å². The third-order valence-corrected chi connectivity index (χ3v) is 8.18. The van der Waals surface area contributed by atoms with Gasteiger partial charge in [0.1, 0.15) is 23.4 Å². The van der Waals surface area contributed by atoms with E-state index < -0.39 is 35.8 Å². The summed E-state index contributed by atoms with van der Waals surface area (Å²) in [6, 6.07) is 7.08. The molecule has 2 aromatic rings. The number of likely N-dealkylation sites (tertiary alicyclic amines) is 1. The quantitative estimate of drug-likeness (QED) is 0.439. The summed E-state index contributed by atoms with van der Waals surface area (Å²) in [6.45, 7) is 11.5. The normalized spacial score (nSPS) is 20.1. The van der Waals surface area contributed by atoms with Crippen molar-refractivity contribution in [3.8, 4) is 5.75 Å². The number of aromatic nitrogens is 1. The fraction of sp³-hybridized carbons (Fsp3) is 0.588. The lowest BCUT2D eigenvalue weighted by Gasteiger charge is -2.37. The predicted octanol–water partition coefficient (Wildman–Crippen LogP) is 5.28. The monoisotopic (exact) mass is 608 g/mol. The molecule has 44 heavy (non-hydrogen) atoms. The summed E-state index contributed by atoms with van der Waals surface area (Å²) in [6.07, 6.45) is 6.42. The Kier molecular flexibility index (Phi) is 10.2. The van der Waals surface area contributed by atoms with E-state index >= 15 is 0 Å². The number of β-amino-alcohol motifs (C(OH)–C–C–N with tert-alkyl or cyclic N) is 1. The molecule has 1 aliphatic carbocycles. The molecule has 10 heteroatoms. The van der Waals surface area contributed by atoms with E-state index in [0.717, 1.165) is 37.7 Å². The van der Waals surface area contributed by atoms with Crippen LogP contribution in [0.3, 0.4) is 0 Å². The van der Waals surface area contributed by atoms with Crippen molar-refractivity contribution in [2.75, 3.05) is 18.6 Å². The second-order valence-electron chi connectivity index (χ2n) is 13.9. The summed E-state index contributed by atoms with van der Waals surface area (Å²) < 4.78 is 11.1. The van der Waals surface area contributed by atoms with Crippen molar-refractivity contribution in [3.63, 3.8) is 0 Å². The number of aliphatic hydroxyl groups excluding tert-OH is 1. The molecule has 2 fully saturated rings. The largest absolute Gasteiger partial charge is 0.495 e. The summed E-state index contributed by atoms with van der Waals surface area (Å²) in [5, 5.41) is 13.9. The van der Waals surface area contributed by atoms with E-state index in [1.807, 2.05) is 24.3 Å². The maximum absolute atomic E-state index is 14.8. The lowest BCUT2D eigenvalue weighted by Crippen LogP contribution is -2.53. The first-order valence-electron chi connectivity index (χ1n) is 15.6. The molecule has 0 spiro atoms. The molecule has 1 aromatic heterocycles. The Morgan fingerprint density at radius 3 is 2.27 bits per heavy atom. The van der Waals surface area contributed by atoms with E-state index in [9.17, 15) is 19.5 Å². The molecule has 4 rings (SSSR count). The van der Waals surface area contributed by atoms with Gasteiger partial charge >= 0.3 is 6.09 Å². The zero-order valence-electron chi connectivity index (χ0n) is 27.1. The SMILES string of the molecule is COc1cncc(C(C(=O)NC2CCCCC2)N(C(=O)[C@H]2C[C@@H](O)CN2C(=O)OC(C)(C)C)c2ccc(C(C)(C)C)cc2)c1. The van der Waals surface area contributed by atoms with Crippen LogP contribution in [0.5, 0.6) is 5.75 Å². The van der Waals surface area contributed by atoms with Crippen LogP contribution in [0, 0.1) is 0 Å². The Bertz CT molecular complexity index is 1310. The first-order valence-corrected chi connectivity index (χ1v) is 15.6. The molecule has 1 saturated carbocycles. The van der Waals surface area contributed by atoms with Crippen LogP contribution in [0.2, 0.25) is 0 Å². The molecule has 3 atom stereocenters. The summed E-state index contributed by atoms with van der Waals surface area (Å²) in [7, 11) is 1.52. The molecule has 10 nitrogen and oxygen atoms in total. The van der Waals surface area contributed by atoms with Crippen LogP contribution in [0.15, 0.2) is 42.7 Å². The predicted molar refractivity (Wildman–Crippen MR) is 169 cm³/mol. The van der Waals surface area contributed by atoms with Crippen LogP contribution in [0.1, 0.15) is 97.2 Å². The van der Waals surface area contributed by atoms with Gasteiger partial charge in [-0.1, -0.05) is 52.2 Å². The fourth-order valence-corrected chi connectivity index (χ4v) is 5.90. The molecule has 1 unspecified atom stereocenters. The smallest absolute Gasteiger partial charge is 0.411 e. The van der Waals surface area contributed by atoms with Gasteiger partial charge in [0.15, 0.2) is 0 Å². The number of nitrogens with zero attached hydrogens (tertiary/aromatic N) is 3. The zero-order valence-corrected chi connectivity index (χ0v) is 27.1. The highest BCUT2D eigenvalue weighted by Gasteiger charge is 2.46. The first kappa shape index (κ1) is 33.2. The van der Waals surface area contributed by atoms with Crippen molar-refractivity contribution < 1.29 is 29.0 Å². The number of hydrogen-bond donors (Lipinski definition) is 2. The minimum atomic E-state index is -1.12. The van der Waals surface area contributed by atoms with E-state index in [2.05, 4.69) is 31.1 Å². The summed E-state index contributed by atoms with van der Waals surface area (Å²) in [4.78, 5) is 49.4. The van der Waals surface area contributed by atoms with Crippen molar-refractivity contribution in [2.45, 2.75) is 115 Å². The van der Waals surface area contributed by atoms with Crippen LogP contribution >= 0.6 is 0 Å². The van der Waals surface area contributed by atoms with Gasteiger partial charge in [-0.15, -0.1) is 0 Å². The van der Waals surface area contributed by atoms with Crippen molar-refractivity contribution in [1.82, 2.24) is 15.2 Å². The van der Waals surface area contributed by atoms with Gasteiger partial charge in [0.25, 0.3) is 5.91 Å². The van der Waals surface area contributed by atoms with Crippen LogP contribution in [-0.2, 0) is 19.7 Å². The van der Waals surface area contributed by atoms with Gasteiger partial charge in [-0.2, -0.15) is 0 Å². The van der Waals surface area contributed by atoms with E-state index in [1.165, 1.54) is 16.9 Å². The number of benzene rings is 1. The van der Waals surface area contributed by atoms with Crippen LogP contribution in [0.25, 0.3) is 0 Å². The van der Waals surface area contributed by atoms with Crippen molar-refractivity contribution in [3.05, 3.63) is 53.9 Å². The second kappa shape index (κ2) is 13.5. The van der Waals surface area contributed by atoms with Crippen molar-refractivity contribution in [1.29, 1.82) is 0 Å².